The summed E-state index contributed by atoms with van der Waals surface area (Å²) < 4.78 is 5.84. The second-order valence-corrected chi connectivity index (χ2v) is 28.6. The van der Waals surface area contributed by atoms with Crippen molar-refractivity contribution < 1.29 is 33.8 Å². The smallest absolute Gasteiger partial charge is 0.308 e. The summed E-state index contributed by atoms with van der Waals surface area (Å²) >= 11 is 0. The van der Waals surface area contributed by atoms with E-state index in [0.717, 1.165) is 16.5 Å². The van der Waals surface area contributed by atoms with E-state index in [1.807, 2.05) is 51.1 Å². The first kappa shape index (κ1) is 60.5. The molecule has 4 amide bonds. The minimum atomic E-state index is -2.33. The summed E-state index contributed by atoms with van der Waals surface area (Å²) in [6, 6.07) is 26.9. The number of hydrogen-bond donors (Lipinski definition) is 5. The molecule has 0 fully saturated rings. The number of aromatic amines is 1. The van der Waals surface area contributed by atoms with Crippen LogP contribution in [0.25, 0.3) is 16.5 Å². The van der Waals surface area contributed by atoms with Gasteiger partial charge in [0.25, 0.3) is 0 Å². The number of allylic oxidation sites excluding steroid dienone is 3. The summed E-state index contributed by atoms with van der Waals surface area (Å²) in [5.41, 5.74) is 10.1. The molecule has 0 spiro atoms. The van der Waals surface area contributed by atoms with Gasteiger partial charge in [-0.2, -0.15) is 0 Å². The summed E-state index contributed by atoms with van der Waals surface area (Å²) in [6.45, 7) is 15.6. The highest BCUT2D eigenvalue weighted by Crippen LogP contribution is 2.42. The number of ether oxygens (including phenoxy) is 1. The number of aromatic nitrogens is 1. The van der Waals surface area contributed by atoms with Crippen molar-refractivity contribution in [1.82, 2.24) is 25.8 Å². The average Bonchev–Trinajstić information content (AvgIpc) is 3.94. The topological polar surface area (TPSA) is 176 Å². The van der Waals surface area contributed by atoms with E-state index >= 15 is 0 Å². The number of esters is 1. The van der Waals surface area contributed by atoms with Crippen LogP contribution in [0, 0.1) is 5.92 Å². The molecule has 3 heterocycles. The molecule has 2 aliphatic rings. The lowest BCUT2D eigenvalue weighted by Gasteiger charge is -2.47. The molecule has 0 unspecified atom stereocenters. The molecule has 0 bridgehead atoms. The molecular weight excluding hydrogens is 1020 g/mol. The van der Waals surface area contributed by atoms with Crippen molar-refractivity contribution in [3.05, 3.63) is 131 Å². The molecule has 5 atom stereocenters. The van der Waals surface area contributed by atoms with Crippen LogP contribution in [0.15, 0.2) is 109 Å². The molecule has 0 saturated carbocycles. The van der Waals surface area contributed by atoms with Crippen molar-refractivity contribution in [2.45, 2.75) is 148 Å². The van der Waals surface area contributed by atoms with Gasteiger partial charge < -0.3 is 45.5 Å². The molecule has 0 radical (unpaired) electrons. The van der Waals surface area contributed by atoms with Crippen LogP contribution in [0.2, 0.25) is 11.1 Å². The zero-order chi connectivity index (χ0) is 58.0. The summed E-state index contributed by atoms with van der Waals surface area (Å²) in [4.78, 5) is 80.3. The van der Waals surface area contributed by atoms with Gasteiger partial charge in [-0.05, 0) is 156 Å². The van der Waals surface area contributed by atoms with Crippen LogP contribution < -0.4 is 36.1 Å². The van der Waals surface area contributed by atoms with Gasteiger partial charge in [-0.25, -0.2) is 0 Å². The Morgan fingerprint density at radius 1 is 0.825 bits per heavy atom. The number of anilines is 2. The lowest BCUT2D eigenvalue weighted by Crippen LogP contribution is -2.66. The molecule has 0 saturated heterocycles. The van der Waals surface area contributed by atoms with Gasteiger partial charge in [-0.15, -0.1) is 0 Å². The number of unbranched alkanes of at least 4 members (excludes halogenated alkanes) is 1. The average molecular weight is 1110 g/mol. The normalized spacial score (nSPS) is 20.4. The highest BCUT2D eigenvalue weighted by atomic mass is 28.3. The van der Waals surface area contributed by atoms with E-state index < -0.39 is 56.0 Å². The third-order valence-corrected chi connectivity index (χ3v) is 22.7. The zero-order valence-electron chi connectivity index (χ0n) is 49.4. The van der Waals surface area contributed by atoms with Crippen molar-refractivity contribution in [2.75, 3.05) is 51.6 Å². The lowest BCUT2D eigenvalue weighted by atomic mass is 9.94. The largest absolute Gasteiger partial charge is 0.508 e. The molecule has 5 N–H and O–H groups in total. The third-order valence-electron chi connectivity index (χ3n) is 16.5. The number of para-hydroxylation sites is 1. The number of aromatic hydroxyl groups is 1. The molecular formula is C65H87N7O7Si. The van der Waals surface area contributed by atoms with Crippen LogP contribution in [-0.2, 0) is 35.1 Å². The number of rotatable bonds is 15. The number of H-pyrrole nitrogens is 1. The number of benzene rings is 4. The van der Waals surface area contributed by atoms with E-state index in [1.54, 1.807) is 19.2 Å². The number of phenolic OH excluding ortho intramolecular Hbond substituents is 1. The molecule has 14 nitrogen and oxygen atoms in total. The predicted molar refractivity (Wildman–Crippen MR) is 326 cm³/mol. The number of likely N-dealkylation sites (N-methyl/N-ethyl adjacent to an activating group) is 1. The monoisotopic (exact) mass is 1110 g/mol. The van der Waals surface area contributed by atoms with Crippen molar-refractivity contribution in [1.29, 1.82) is 0 Å². The van der Waals surface area contributed by atoms with Gasteiger partial charge in [0.2, 0.25) is 23.6 Å². The van der Waals surface area contributed by atoms with Gasteiger partial charge in [0.05, 0.1) is 18.6 Å². The van der Waals surface area contributed by atoms with Gasteiger partial charge in [-0.1, -0.05) is 94.8 Å². The first-order valence-corrected chi connectivity index (χ1v) is 30.9. The van der Waals surface area contributed by atoms with Gasteiger partial charge in [0.15, 0.2) is 0 Å². The molecule has 80 heavy (non-hydrogen) atoms. The molecule has 4 aromatic carbocycles. The maximum atomic E-state index is 15.0. The summed E-state index contributed by atoms with van der Waals surface area (Å²) in [7, 11) is 7.63. The van der Waals surface area contributed by atoms with E-state index in [-0.39, 0.29) is 36.8 Å². The SMILES string of the molecule is CC1=CCC[C@H](C)OC(=O)C[C@H](c2ccc(O)cc2)NC(=O)[C@@H](Cc2cc3ccccc3[nH]2)N(C)C(=O)[C@H](CCCCNC(=O)CCC=C2c3ccc(N(C)C)cc3[Si](C(C)C)(C(C)C)c3cc(N(C)C)ccc32)NC(=O)[C@@H](C)C1. The molecule has 7 rings (SSSR count). The standard InChI is InChI=1S/C65H87N7O7Si/c1-41(2)80(42(3)4)59-38-49(70(8)9)28-32-53(59)52(54-33-29-50(71(10)11)39-60(54)80)22-18-25-61(74)66-34-16-15-24-56-65(78)72(12)58(37-48-36-47-21-13-14-23-55(47)67-48)64(77)69-57(46-26-30-51(73)31-27-46)40-62(75)79-45(7)20-17-19-43(5)35-44(6)63(76)68-56/h13-14,19,21-23,26-33,36,38-39,41-42,44-45,56-58,67,73H,15-18,20,24-25,34-35,37,40H2,1-12H3,(H,66,74)(H,68,76)(H,69,77)/t44-,45-,56-,57+,58+/m0/s1. The minimum absolute atomic E-state index is 0.0300. The van der Waals surface area contributed by atoms with E-state index in [2.05, 4.69) is 135 Å². The van der Waals surface area contributed by atoms with Gasteiger partial charge >= 0.3 is 5.97 Å². The Hall–Kier alpha value is -7.13. The van der Waals surface area contributed by atoms with E-state index in [4.69, 9.17) is 4.74 Å². The quantitative estimate of drug-likeness (QED) is 0.0296. The van der Waals surface area contributed by atoms with Crippen molar-refractivity contribution in [3.8, 4) is 5.75 Å². The Bertz CT molecular complexity index is 2960. The fraction of sp³-hybridized carbons (Fsp3) is 0.462. The van der Waals surface area contributed by atoms with Gasteiger partial charge in [0.1, 0.15) is 25.9 Å². The van der Waals surface area contributed by atoms with Crippen LogP contribution in [0.1, 0.15) is 135 Å². The fourth-order valence-electron chi connectivity index (χ4n) is 12.1. The van der Waals surface area contributed by atoms with Crippen LogP contribution in [0.3, 0.4) is 0 Å². The van der Waals surface area contributed by atoms with Crippen molar-refractivity contribution >= 4 is 75.9 Å². The number of hydrogen-bond acceptors (Lipinski definition) is 9. The Balaban J connectivity index is 1.10. The summed E-state index contributed by atoms with van der Waals surface area (Å²) in [5.74, 6) is -2.24. The molecule has 0 aliphatic carbocycles. The number of phenols is 1. The van der Waals surface area contributed by atoms with E-state index in [0.29, 0.717) is 73.8 Å². The number of carbonyl (C=O) groups excluding carboxylic acids is 5. The summed E-state index contributed by atoms with van der Waals surface area (Å²) in [5, 5.41) is 23.3. The van der Waals surface area contributed by atoms with Gasteiger partial charge in [0, 0.05) is 83.1 Å². The Morgan fingerprint density at radius 3 is 2.08 bits per heavy atom. The number of amides is 4. The first-order valence-electron chi connectivity index (χ1n) is 28.8. The molecule has 5 aromatic rings. The third kappa shape index (κ3) is 14.2. The maximum absolute atomic E-state index is 15.0. The Morgan fingerprint density at radius 2 is 1.46 bits per heavy atom. The van der Waals surface area contributed by atoms with Crippen LogP contribution >= 0.6 is 0 Å². The number of fused-ring (bicyclic) bond motifs is 3. The Kier molecular flexibility index (Phi) is 20.3. The minimum Gasteiger partial charge on any atom is -0.508 e. The van der Waals surface area contributed by atoms with E-state index in [9.17, 15) is 29.1 Å². The van der Waals surface area contributed by atoms with E-state index in [1.165, 1.54) is 55.5 Å². The summed E-state index contributed by atoms with van der Waals surface area (Å²) in [6.07, 6.45) is 7.63. The number of cyclic esters (lactones) is 1. The highest BCUT2D eigenvalue weighted by Gasteiger charge is 2.49. The first-order chi connectivity index (χ1) is 38.1. The maximum Gasteiger partial charge on any atom is 0.308 e. The van der Waals surface area contributed by atoms with Crippen LogP contribution in [-0.4, -0.2) is 113 Å². The predicted octanol–water partition coefficient (Wildman–Crippen LogP) is 9.70. The van der Waals surface area contributed by atoms with Crippen molar-refractivity contribution in [3.63, 3.8) is 0 Å². The second kappa shape index (κ2) is 26.9. The molecule has 428 valence electrons. The second-order valence-electron chi connectivity index (χ2n) is 23.4. The molecule has 2 aliphatic heterocycles. The zero-order valence-corrected chi connectivity index (χ0v) is 50.4. The van der Waals surface area contributed by atoms with Gasteiger partial charge in [-0.3, -0.25) is 24.0 Å². The molecule has 1 aromatic heterocycles. The number of carbonyl (C=O) groups is 5. The van der Waals surface area contributed by atoms with Crippen molar-refractivity contribution in [2.24, 2.45) is 5.92 Å². The molecule has 15 heteroatoms. The number of nitrogens with zero attached hydrogens (tertiary/aromatic N) is 3. The van der Waals surface area contributed by atoms with Crippen LogP contribution in [0.4, 0.5) is 11.4 Å². The highest BCUT2D eigenvalue weighted by molar-refractivity contribution is 7.05. The lowest BCUT2D eigenvalue weighted by molar-refractivity contribution is -0.149. The van der Waals surface area contributed by atoms with Crippen LogP contribution in [0.5, 0.6) is 5.75 Å². The Labute approximate surface area is 475 Å². The number of nitrogens with one attached hydrogen (secondary N) is 4. The fourth-order valence-corrected chi connectivity index (χ4v) is 18.3.